The normalized spacial score (nSPS) is 46.8. The quantitative estimate of drug-likeness (QED) is 0.436. The second-order valence-electron chi connectivity index (χ2n) is 11.4. The monoisotopic (exact) mass is 439 g/mol. The van der Waals surface area contributed by atoms with Crippen molar-refractivity contribution in [3.05, 3.63) is 23.8 Å². The summed E-state index contributed by atoms with van der Waals surface area (Å²) in [7, 11) is 0. The van der Waals surface area contributed by atoms with Gasteiger partial charge in [0.2, 0.25) is 5.60 Å². The van der Waals surface area contributed by atoms with E-state index in [1.807, 2.05) is 19.1 Å². The summed E-state index contributed by atoms with van der Waals surface area (Å²) in [6, 6.07) is 0. The van der Waals surface area contributed by atoms with Crippen molar-refractivity contribution in [2.75, 3.05) is 0 Å². The molecule has 4 aliphatic carbocycles. The van der Waals surface area contributed by atoms with E-state index in [9.17, 15) is 9.59 Å². The maximum atomic E-state index is 13.2. The van der Waals surface area contributed by atoms with Crippen LogP contribution in [0.2, 0.25) is 0 Å². The molecule has 1 heterocycles. The van der Waals surface area contributed by atoms with Gasteiger partial charge in [0, 0.05) is 18.8 Å². The van der Waals surface area contributed by atoms with Gasteiger partial charge in [0.15, 0.2) is 5.78 Å². The Morgan fingerprint density at radius 2 is 1.97 bits per heavy atom. The lowest BCUT2D eigenvalue weighted by Gasteiger charge is -2.58. The minimum absolute atomic E-state index is 0.0250. The van der Waals surface area contributed by atoms with Crippen molar-refractivity contribution in [3.8, 4) is 0 Å². The number of carbonyl (C=O) groups excluding carboxylic acids is 2. The van der Waals surface area contributed by atoms with Crippen LogP contribution in [0.4, 0.5) is 0 Å². The van der Waals surface area contributed by atoms with E-state index < -0.39 is 5.60 Å². The molecule has 0 aromatic carbocycles. The molecular weight excluding hydrogens is 402 g/mol. The number of rotatable bonds is 3. The molecule has 174 valence electrons. The van der Waals surface area contributed by atoms with Gasteiger partial charge in [-0.1, -0.05) is 36.7 Å². The molecule has 5 aliphatic rings. The molecule has 5 rings (SSSR count). The number of Topliss-reactive ketones (excluding diaryl/α,β-unsaturated/α-hetero) is 1. The van der Waals surface area contributed by atoms with Gasteiger partial charge in [0.1, 0.15) is 6.10 Å². The maximum Gasteiger partial charge on any atom is 0.302 e. The van der Waals surface area contributed by atoms with E-state index in [4.69, 9.17) is 9.57 Å². The lowest BCUT2D eigenvalue weighted by molar-refractivity contribution is -0.174. The first-order valence-corrected chi connectivity index (χ1v) is 12.4. The van der Waals surface area contributed by atoms with Gasteiger partial charge < -0.3 is 9.57 Å². The van der Waals surface area contributed by atoms with Crippen molar-refractivity contribution in [1.29, 1.82) is 0 Å². The molecule has 0 aromatic rings. The van der Waals surface area contributed by atoms with Crippen molar-refractivity contribution in [2.45, 2.75) is 91.3 Å². The van der Waals surface area contributed by atoms with Gasteiger partial charge in [0.05, 0.1) is 11.6 Å². The predicted octanol–water partition coefficient (Wildman–Crippen LogP) is 5.40. The minimum atomic E-state index is -0.810. The Morgan fingerprint density at radius 3 is 2.66 bits per heavy atom. The van der Waals surface area contributed by atoms with Crippen LogP contribution < -0.4 is 0 Å². The number of nitrogens with zero attached hydrogens (tertiary/aromatic N) is 1. The van der Waals surface area contributed by atoms with Crippen LogP contribution in [0, 0.1) is 34.5 Å². The minimum Gasteiger partial charge on any atom is -0.462 e. The standard InChI is InChI=1S/C27H37NO4/c1-6-7-24-23-15-22-20-9-8-18-14-19(31-17(3)30)10-12-25(18,4)21(20)11-13-26(22,5)27(23,16(2)29)32-28-24/h6-8,19-23H,9-15H2,1-5H3/b7-6+/t19-,20+,21-,22-,23-,25-,26-,27+/m0/s1. The summed E-state index contributed by atoms with van der Waals surface area (Å²) in [5, 5.41) is 4.41. The van der Waals surface area contributed by atoms with E-state index in [0.717, 1.165) is 50.7 Å². The van der Waals surface area contributed by atoms with Gasteiger partial charge in [-0.2, -0.15) is 0 Å². The van der Waals surface area contributed by atoms with Crippen molar-refractivity contribution >= 4 is 17.5 Å². The lowest BCUT2D eigenvalue weighted by atomic mass is 9.46. The summed E-state index contributed by atoms with van der Waals surface area (Å²) in [6.45, 7) is 9.97. The van der Waals surface area contributed by atoms with Gasteiger partial charge in [-0.25, -0.2) is 0 Å². The van der Waals surface area contributed by atoms with Crippen LogP contribution >= 0.6 is 0 Å². The fourth-order valence-corrected chi connectivity index (χ4v) is 8.71. The molecule has 0 N–H and O–H groups in total. The van der Waals surface area contributed by atoms with Crippen LogP contribution in [-0.2, 0) is 19.2 Å². The third-order valence-electron chi connectivity index (χ3n) is 10.1. The second kappa shape index (κ2) is 7.30. The SMILES string of the molecule is C/C=C/C1=NO[C@]2(C(C)=O)[C@H]1C[C@H]1[C@@H]3CC=C4C[C@@H](OC(C)=O)CC[C@]4(C)[C@H]3CC[C@@]12C. The Labute approximate surface area is 191 Å². The third kappa shape index (κ3) is 2.72. The topological polar surface area (TPSA) is 65.0 Å². The zero-order valence-corrected chi connectivity index (χ0v) is 20.1. The van der Waals surface area contributed by atoms with E-state index in [0.29, 0.717) is 17.8 Å². The average Bonchev–Trinajstić information content (AvgIpc) is 3.22. The van der Waals surface area contributed by atoms with Crippen molar-refractivity contribution < 1.29 is 19.2 Å². The number of carbonyl (C=O) groups is 2. The number of hydrogen-bond acceptors (Lipinski definition) is 5. The highest BCUT2D eigenvalue weighted by Gasteiger charge is 2.73. The summed E-state index contributed by atoms with van der Waals surface area (Å²) in [5.74, 6) is 1.64. The summed E-state index contributed by atoms with van der Waals surface area (Å²) < 4.78 is 5.58. The van der Waals surface area contributed by atoms with Crippen molar-refractivity contribution in [1.82, 2.24) is 0 Å². The molecule has 0 aromatic heterocycles. The average molecular weight is 440 g/mol. The van der Waals surface area contributed by atoms with E-state index in [1.165, 1.54) is 12.5 Å². The molecule has 5 nitrogen and oxygen atoms in total. The molecule has 0 spiro atoms. The van der Waals surface area contributed by atoms with Crippen molar-refractivity contribution in [2.24, 2.45) is 39.7 Å². The van der Waals surface area contributed by atoms with Crippen LogP contribution in [0.15, 0.2) is 29.0 Å². The number of fused-ring (bicyclic) bond motifs is 7. The number of oxime groups is 1. The zero-order chi connectivity index (χ0) is 22.9. The van der Waals surface area contributed by atoms with Crippen LogP contribution in [0.5, 0.6) is 0 Å². The summed E-state index contributed by atoms with van der Waals surface area (Å²) in [4.78, 5) is 30.8. The summed E-state index contributed by atoms with van der Waals surface area (Å²) in [6.07, 6.45) is 13.6. The molecule has 3 saturated carbocycles. The molecule has 0 saturated heterocycles. The van der Waals surface area contributed by atoms with Gasteiger partial charge in [0.25, 0.3) is 0 Å². The molecule has 0 amide bonds. The first-order chi connectivity index (χ1) is 15.2. The van der Waals surface area contributed by atoms with Crippen LogP contribution in [0.25, 0.3) is 0 Å². The van der Waals surface area contributed by atoms with Crippen LogP contribution in [0.1, 0.15) is 79.6 Å². The van der Waals surface area contributed by atoms with E-state index >= 15 is 0 Å². The van der Waals surface area contributed by atoms with E-state index in [-0.39, 0.29) is 34.6 Å². The van der Waals surface area contributed by atoms with Crippen molar-refractivity contribution in [3.63, 3.8) is 0 Å². The van der Waals surface area contributed by atoms with Gasteiger partial charge in [-0.15, -0.1) is 0 Å². The van der Waals surface area contributed by atoms with Gasteiger partial charge >= 0.3 is 5.97 Å². The van der Waals surface area contributed by atoms with Gasteiger partial charge in [-0.3, -0.25) is 9.59 Å². The summed E-state index contributed by atoms with van der Waals surface area (Å²) in [5.41, 5.74) is 1.61. The Morgan fingerprint density at radius 1 is 1.19 bits per heavy atom. The maximum absolute atomic E-state index is 13.2. The predicted molar refractivity (Wildman–Crippen MR) is 123 cm³/mol. The first-order valence-electron chi connectivity index (χ1n) is 12.4. The molecule has 0 unspecified atom stereocenters. The highest BCUT2D eigenvalue weighted by atomic mass is 16.7. The number of ketones is 1. The molecule has 3 fully saturated rings. The fourth-order valence-electron chi connectivity index (χ4n) is 8.71. The molecule has 5 heteroatoms. The second-order valence-corrected chi connectivity index (χ2v) is 11.4. The third-order valence-corrected chi connectivity index (χ3v) is 10.1. The fraction of sp³-hybridized carbons (Fsp3) is 0.741. The number of ether oxygens (including phenoxy) is 1. The largest absolute Gasteiger partial charge is 0.462 e. The lowest BCUT2D eigenvalue weighted by Crippen LogP contribution is -2.58. The highest BCUT2D eigenvalue weighted by Crippen LogP contribution is 2.70. The van der Waals surface area contributed by atoms with E-state index in [1.54, 1.807) is 6.92 Å². The Hall–Kier alpha value is -1.91. The van der Waals surface area contributed by atoms with E-state index in [2.05, 4.69) is 25.1 Å². The Kier molecular flexibility index (Phi) is 5.00. The number of hydrogen-bond donors (Lipinski definition) is 0. The van der Waals surface area contributed by atoms with Crippen LogP contribution in [0.3, 0.4) is 0 Å². The number of esters is 1. The molecule has 0 radical (unpaired) electrons. The smallest absolute Gasteiger partial charge is 0.302 e. The Balaban J connectivity index is 1.48. The number of allylic oxidation sites excluding steroid dienone is 3. The highest BCUT2D eigenvalue weighted by molar-refractivity contribution is 6.04. The Bertz CT molecular complexity index is 934. The molecular formula is C27H37NO4. The van der Waals surface area contributed by atoms with Crippen LogP contribution in [-0.4, -0.2) is 29.2 Å². The first kappa shape index (κ1) is 21.9. The molecule has 8 atom stereocenters. The zero-order valence-electron chi connectivity index (χ0n) is 20.1. The summed E-state index contributed by atoms with van der Waals surface area (Å²) >= 11 is 0. The van der Waals surface area contributed by atoms with Gasteiger partial charge in [-0.05, 0) is 81.6 Å². The molecule has 1 aliphatic heterocycles. The molecule has 0 bridgehead atoms. The molecule has 32 heavy (non-hydrogen) atoms.